The molecule has 110 valence electrons. The fourth-order valence-corrected chi connectivity index (χ4v) is 3.37. The molecule has 1 atom stereocenters. The summed E-state index contributed by atoms with van der Waals surface area (Å²) in [6, 6.07) is 18.7. The van der Waals surface area contributed by atoms with Crippen LogP contribution in [0.1, 0.15) is 47.4 Å². The standard InChI is InChI=1S/C20H25N/c1-15-6-10-17(11-7-15)20(19-5-3-4-14-21-19)18-12-8-16(2)9-13-18/h6-13,19-21H,3-5,14H2,1-2H3. The minimum absolute atomic E-state index is 0.464. The smallest absolute Gasteiger partial charge is 0.0243 e. The monoisotopic (exact) mass is 279 g/mol. The lowest BCUT2D eigenvalue weighted by atomic mass is 9.81. The van der Waals surface area contributed by atoms with Gasteiger partial charge in [0.25, 0.3) is 0 Å². The van der Waals surface area contributed by atoms with Gasteiger partial charge < -0.3 is 5.32 Å². The molecule has 1 aliphatic heterocycles. The SMILES string of the molecule is Cc1ccc(C(c2ccc(C)cc2)C2CCCCN2)cc1. The van der Waals surface area contributed by atoms with E-state index in [0.717, 1.165) is 6.54 Å². The molecule has 1 aliphatic rings. The summed E-state index contributed by atoms with van der Waals surface area (Å²) < 4.78 is 0. The molecule has 1 N–H and O–H groups in total. The average molecular weight is 279 g/mol. The van der Waals surface area contributed by atoms with Crippen LogP contribution in [0.5, 0.6) is 0 Å². The molecule has 3 rings (SSSR count). The van der Waals surface area contributed by atoms with Crippen molar-refractivity contribution in [1.29, 1.82) is 0 Å². The van der Waals surface area contributed by atoms with Crippen LogP contribution < -0.4 is 5.32 Å². The van der Waals surface area contributed by atoms with E-state index >= 15 is 0 Å². The van der Waals surface area contributed by atoms with Crippen molar-refractivity contribution < 1.29 is 0 Å². The number of nitrogens with one attached hydrogen (secondary N) is 1. The minimum Gasteiger partial charge on any atom is -0.313 e. The molecule has 0 bridgehead atoms. The van der Waals surface area contributed by atoms with Crippen LogP contribution in [0, 0.1) is 13.8 Å². The van der Waals surface area contributed by atoms with Crippen LogP contribution in [-0.2, 0) is 0 Å². The zero-order valence-corrected chi connectivity index (χ0v) is 13.1. The molecule has 1 unspecified atom stereocenters. The molecule has 0 aliphatic carbocycles. The van der Waals surface area contributed by atoms with Gasteiger partial charge in [0.1, 0.15) is 0 Å². The normalized spacial score (nSPS) is 18.9. The second kappa shape index (κ2) is 6.44. The summed E-state index contributed by atoms with van der Waals surface area (Å²) in [7, 11) is 0. The number of piperidine rings is 1. The Morgan fingerprint density at radius 2 is 1.33 bits per heavy atom. The Balaban J connectivity index is 1.97. The highest BCUT2D eigenvalue weighted by Gasteiger charge is 2.26. The maximum Gasteiger partial charge on any atom is 0.0243 e. The van der Waals surface area contributed by atoms with Crippen molar-refractivity contribution in [3.8, 4) is 0 Å². The van der Waals surface area contributed by atoms with Crippen molar-refractivity contribution in [2.45, 2.75) is 45.1 Å². The lowest BCUT2D eigenvalue weighted by molar-refractivity contribution is 0.372. The Bertz CT molecular complexity index is 516. The summed E-state index contributed by atoms with van der Waals surface area (Å²) in [5.41, 5.74) is 5.53. The van der Waals surface area contributed by atoms with E-state index in [1.165, 1.54) is 41.5 Å². The van der Waals surface area contributed by atoms with Crippen LogP contribution in [0.15, 0.2) is 48.5 Å². The second-order valence-corrected chi connectivity index (χ2v) is 6.36. The quantitative estimate of drug-likeness (QED) is 0.867. The van der Waals surface area contributed by atoms with Crippen LogP contribution in [0.4, 0.5) is 0 Å². The average Bonchev–Trinajstić information content (AvgIpc) is 2.52. The number of rotatable bonds is 3. The summed E-state index contributed by atoms with van der Waals surface area (Å²) in [4.78, 5) is 0. The first-order chi connectivity index (χ1) is 10.2. The molecule has 1 nitrogen and oxygen atoms in total. The fraction of sp³-hybridized carbons (Fsp3) is 0.400. The number of benzene rings is 2. The van der Waals surface area contributed by atoms with Gasteiger partial charge in [-0.2, -0.15) is 0 Å². The predicted molar refractivity (Wildman–Crippen MR) is 89.8 cm³/mol. The van der Waals surface area contributed by atoms with Crippen molar-refractivity contribution in [2.24, 2.45) is 0 Å². The van der Waals surface area contributed by atoms with Gasteiger partial charge in [0.2, 0.25) is 0 Å². The largest absolute Gasteiger partial charge is 0.313 e. The molecule has 0 radical (unpaired) electrons. The van der Waals surface area contributed by atoms with E-state index in [9.17, 15) is 0 Å². The first-order valence-electron chi connectivity index (χ1n) is 8.10. The third-order valence-corrected chi connectivity index (χ3v) is 4.62. The van der Waals surface area contributed by atoms with Gasteiger partial charge >= 0.3 is 0 Å². The van der Waals surface area contributed by atoms with E-state index in [4.69, 9.17) is 0 Å². The molecule has 0 saturated carbocycles. The van der Waals surface area contributed by atoms with Gasteiger partial charge in [-0.1, -0.05) is 66.1 Å². The third-order valence-electron chi connectivity index (χ3n) is 4.62. The van der Waals surface area contributed by atoms with Crippen LogP contribution in [-0.4, -0.2) is 12.6 Å². The summed E-state index contributed by atoms with van der Waals surface area (Å²) in [6.07, 6.45) is 3.92. The van der Waals surface area contributed by atoms with E-state index in [2.05, 4.69) is 67.7 Å². The molecule has 0 aromatic heterocycles. The zero-order chi connectivity index (χ0) is 14.7. The van der Waals surface area contributed by atoms with E-state index in [1.807, 2.05) is 0 Å². The van der Waals surface area contributed by atoms with Gasteiger partial charge in [-0.15, -0.1) is 0 Å². The maximum absolute atomic E-state index is 3.75. The Kier molecular flexibility index (Phi) is 4.40. The molecule has 0 amide bonds. The van der Waals surface area contributed by atoms with Crippen molar-refractivity contribution in [3.05, 3.63) is 70.8 Å². The molecule has 1 saturated heterocycles. The van der Waals surface area contributed by atoms with E-state index in [-0.39, 0.29) is 0 Å². The number of aryl methyl sites for hydroxylation is 2. The van der Waals surface area contributed by atoms with Crippen LogP contribution in [0.3, 0.4) is 0 Å². The highest BCUT2D eigenvalue weighted by Crippen LogP contribution is 2.32. The minimum atomic E-state index is 0.464. The van der Waals surface area contributed by atoms with E-state index < -0.39 is 0 Å². The first kappa shape index (κ1) is 14.3. The topological polar surface area (TPSA) is 12.0 Å². The zero-order valence-electron chi connectivity index (χ0n) is 13.1. The maximum atomic E-state index is 3.75. The van der Waals surface area contributed by atoms with Crippen molar-refractivity contribution in [3.63, 3.8) is 0 Å². The highest BCUT2D eigenvalue weighted by atomic mass is 14.9. The van der Waals surface area contributed by atoms with Gasteiger partial charge in [0.05, 0.1) is 0 Å². The first-order valence-corrected chi connectivity index (χ1v) is 8.10. The molecule has 1 heterocycles. The lowest BCUT2D eigenvalue weighted by Crippen LogP contribution is -2.39. The van der Waals surface area contributed by atoms with E-state index in [0.29, 0.717) is 12.0 Å². The Morgan fingerprint density at radius 3 is 1.76 bits per heavy atom. The van der Waals surface area contributed by atoms with Gasteiger partial charge in [0, 0.05) is 12.0 Å². The van der Waals surface area contributed by atoms with Crippen LogP contribution in [0.25, 0.3) is 0 Å². The molecule has 2 aromatic rings. The van der Waals surface area contributed by atoms with Crippen LogP contribution >= 0.6 is 0 Å². The summed E-state index contributed by atoms with van der Waals surface area (Å²) in [5.74, 6) is 0.464. The lowest BCUT2D eigenvalue weighted by Gasteiger charge is -2.32. The molecular weight excluding hydrogens is 254 g/mol. The van der Waals surface area contributed by atoms with Crippen molar-refractivity contribution >= 4 is 0 Å². The van der Waals surface area contributed by atoms with Gasteiger partial charge in [0.15, 0.2) is 0 Å². The van der Waals surface area contributed by atoms with Gasteiger partial charge in [-0.25, -0.2) is 0 Å². The Labute approximate surface area is 128 Å². The molecule has 21 heavy (non-hydrogen) atoms. The van der Waals surface area contributed by atoms with E-state index in [1.54, 1.807) is 0 Å². The Morgan fingerprint density at radius 1 is 0.810 bits per heavy atom. The number of hydrogen-bond donors (Lipinski definition) is 1. The summed E-state index contributed by atoms with van der Waals surface area (Å²) in [6.45, 7) is 5.46. The summed E-state index contributed by atoms with van der Waals surface area (Å²) >= 11 is 0. The molecule has 1 fully saturated rings. The highest BCUT2D eigenvalue weighted by molar-refractivity contribution is 5.37. The third kappa shape index (κ3) is 3.36. The molecular formula is C20H25N. The van der Waals surface area contributed by atoms with Crippen molar-refractivity contribution in [2.75, 3.05) is 6.54 Å². The van der Waals surface area contributed by atoms with Gasteiger partial charge in [-0.3, -0.25) is 0 Å². The van der Waals surface area contributed by atoms with Crippen LogP contribution in [0.2, 0.25) is 0 Å². The van der Waals surface area contributed by atoms with Gasteiger partial charge in [-0.05, 0) is 44.4 Å². The summed E-state index contributed by atoms with van der Waals surface area (Å²) in [5, 5.41) is 3.75. The molecule has 0 spiro atoms. The molecule has 2 aromatic carbocycles. The predicted octanol–water partition coefficient (Wildman–Crippen LogP) is 4.58. The van der Waals surface area contributed by atoms with Crippen molar-refractivity contribution in [1.82, 2.24) is 5.32 Å². The Hall–Kier alpha value is -1.60. The second-order valence-electron chi connectivity index (χ2n) is 6.36. The molecule has 1 heteroatoms. The fourth-order valence-electron chi connectivity index (χ4n) is 3.37. The number of hydrogen-bond acceptors (Lipinski definition) is 1.